The lowest BCUT2D eigenvalue weighted by Gasteiger charge is -2.23. The maximum atomic E-state index is 11.0. The van der Waals surface area contributed by atoms with Gasteiger partial charge in [0.25, 0.3) is 10.9 Å². The Bertz CT molecular complexity index is 766. The Labute approximate surface area is 152 Å². The predicted molar refractivity (Wildman–Crippen MR) is 100 cm³/mol. The topological polar surface area (TPSA) is 55.6 Å². The Morgan fingerprint density at radius 2 is 2.04 bits per heavy atom. The van der Waals surface area contributed by atoms with Crippen molar-refractivity contribution in [3.63, 3.8) is 0 Å². The molecule has 0 unspecified atom stereocenters. The number of nitro benzene ring substituents is 1. The molecule has 0 bridgehead atoms. The van der Waals surface area contributed by atoms with E-state index >= 15 is 0 Å². The van der Waals surface area contributed by atoms with E-state index in [2.05, 4.69) is 24.0 Å². The third-order valence-electron chi connectivity index (χ3n) is 4.52. The molecule has 1 saturated heterocycles. The lowest BCUT2D eigenvalue weighted by Crippen LogP contribution is -2.34. The lowest BCUT2D eigenvalue weighted by molar-refractivity contribution is -0.385. The molecule has 1 fully saturated rings. The molecule has 2 aromatic carbocycles. The number of hydrogen-bond donors (Lipinski definition) is 0. The van der Waals surface area contributed by atoms with Gasteiger partial charge in [0.2, 0.25) is 0 Å². The minimum absolute atomic E-state index is 0.0718. The molecule has 2 atom stereocenters. The van der Waals surface area contributed by atoms with Crippen LogP contribution >= 0.6 is 12.2 Å². The Morgan fingerprint density at radius 3 is 2.76 bits per heavy atom. The Hall–Kier alpha value is -2.47. The standard InChI is InChI=1S/C19H20N2O3S/c1-14(10-11-15-6-3-2-4-7-15)20-13-18(24-19(20)25)16-8-5-9-17(12-16)21(22)23/h2-9,12,14,18H,10-11,13H2,1H3/t14-,18+/m0/s1. The lowest BCUT2D eigenvalue weighted by atomic mass is 10.0. The number of nitro groups is 1. The van der Waals surface area contributed by atoms with E-state index in [1.54, 1.807) is 12.1 Å². The van der Waals surface area contributed by atoms with Gasteiger partial charge in [0, 0.05) is 23.7 Å². The van der Waals surface area contributed by atoms with Gasteiger partial charge >= 0.3 is 0 Å². The van der Waals surface area contributed by atoms with Gasteiger partial charge < -0.3 is 9.64 Å². The van der Waals surface area contributed by atoms with Crippen molar-refractivity contribution < 1.29 is 9.66 Å². The van der Waals surface area contributed by atoms with Crippen molar-refractivity contribution in [1.82, 2.24) is 4.90 Å². The van der Waals surface area contributed by atoms with Crippen LogP contribution in [0.5, 0.6) is 0 Å². The first-order valence-electron chi connectivity index (χ1n) is 8.30. The molecule has 0 aliphatic carbocycles. The minimum Gasteiger partial charge on any atom is -0.461 e. The molecule has 5 nitrogen and oxygen atoms in total. The van der Waals surface area contributed by atoms with Crippen LogP contribution < -0.4 is 0 Å². The highest BCUT2D eigenvalue weighted by molar-refractivity contribution is 7.80. The number of thiocarbonyl (C=S) groups is 1. The molecule has 1 aliphatic rings. The summed E-state index contributed by atoms with van der Waals surface area (Å²) in [4.78, 5) is 12.6. The van der Waals surface area contributed by atoms with Crippen LogP contribution in [-0.4, -0.2) is 27.6 Å². The van der Waals surface area contributed by atoms with Crippen LogP contribution in [-0.2, 0) is 11.2 Å². The monoisotopic (exact) mass is 356 g/mol. The van der Waals surface area contributed by atoms with Gasteiger partial charge in [-0.25, -0.2) is 0 Å². The molecule has 6 heteroatoms. The summed E-state index contributed by atoms with van der Waals surface area (Å²) in [5, 5.41) is 11.4. The van der Waals surface area contributed by atoms with Crippen LogP contribution in [0.4, 0.5) is 5.69 Å². The summed E-state index contributed by atoms with van der Waals surface area (Å²) >= 11 is 5.38. The average Bonchev–Trinajstić information content (AvgIpc) is 3.02. The normalized spacial score (nSPS) is 18.0. The first kappa shape index (κ1) is 17.4. The van der Waals surface area contributed by atoms with Crippen molar-refractivity contribution in [3.05, 3.63) is 75.8 Å². The van der Waals surface area contributed by atoms with Gasteiger partial charge in [-0.2, -0.15) is 0 Å². The predicted octanol–water partition coefficient (Wildman–Crippen LogP) is 4.27. The van der Waals surface area contributed by atoms with Crippen molar-refractivity contribution in [1.29, 1.82) is 0 Å². The largest absolute Gasteiger partial charge is 0.461 e. The minimum atomic E-state index is -0.392. The number of ether oxygens (including phenoxy) is 1. The molecule has 1 aliphatic heterocycles. The number of nitrogens with zero attached hydrogens (tertiary/aromatic N) is 2. The molecule has 25 heavy (non-hydrogen) atoms. The highest BCUT2D eigenvalue weighted by Gasteiger charge is 2.32. The molecule has 3 rings (SSSR count). The van der Waals surface area contributed by atoms with E-state index in [1.807, 2.05) is 24.3 Å². The molecule has 0 radical (unpaired) electrons. The zero-order valence-corrected chi connectivity index (χ0v) is 14.8. The van der Waals surface area contributed by atoms with E-state index in [4.69, 9.17) is 17.0 Å². The van der Waals surface area contributed by atoms with Gasteiger partial charge in [0.05, 0.1) is 11.5 Å². The van der Waals surface area contributed by atoms with E-state index in [1.165, 1.54) is 11.6 Å². The molecule has 1 heterocycles. The van der Waals surface area contributed by atoms with Gasteiger partial charge in [0.1, 0.15) is 6.10 Å². The van der Waals surface area contributed by atoms with E-state index in [0.717, 1.165) is 18.4 Å². The van der Waals surface area contributed by atoms with Crippen LogP contribution in [0.2, 0.25) is 0 Å². The summed E-state index contributed by atoms with van der Waals surface area (Å²) in [6, 6.07) is 17.2. The third-order valence-corrected chi connectivity index (χ3v) is 4.85. The first-order valence-corrected chi connectivity index (χ1v) is 8.71. The van der Waals surface area contributed by atoms with E-state index < -0.39 is 4.92 Å². The van der Waals surface area contributed by atoms with Gasteiger partial charge in [-0.05, 0) is 37.5 Å². The van der Waals surface area contributed by atoms with Crippen LogP contribution in [0.25, 0.3) is 0 Å². The van der Waals surface area contributed by atoms with Gasteiger partial charge in [0.15, 0.2) is 0 Å². The molecule has 130 valence electrons. The Kier molecular flexibility index (Phi) is 5.28. The summed E-state index contributed by atoms with van der Waals surface area (Å²) in [6.07, 6.45) is 1.68. The van der Waals surface area contributed by atoms with E-state index in [0.29, 0.717) is 11.7 Å². The summed E-state index contributed by atoms with van der Waals surface area (Å²) in [5.41, 5.74) is 2.16. The summed E-state index contributed by atoms with van der Waals surface area (Å²) in [7, 11) is 0. The molecule has 0 saturated carbocycles. The van der Waals surface area contributed by atoms with E-state index in [-0.39, 0.29) is 17.8 Å². The second kappa shape index (κ2) is 7.61. The van der Waals surface area contributed by atoms with Crippen molar-refractivity contribution in [2.24, 2.45) is 0 Å². The third kappa shape index (κ3) is 4.14. The fourth-order valence-corrected chi connectivity index (χ4v) is 3.40. The molecule has 0 spiro atoms. The fourth-order valence-electron chi connectivity index (χ4n) is 3.03. The summed E-state index contributed by atoms with van der Waals surface area (Å²) < 4.78 is 5.80. The quantitative estimate of drug-likeness (QED) is 0.439. The van der Waals surface area contributed by atoms with Gasteiger partial charge in [-0.3, -0.25) is 10.1 Å². The highest BCUT2D eigenvalue weighted by Crippen LogP contribution is 2.30. The second-order valence-corrected chi connectivity index (χ2v) is 6.60. The Morgan fingerprint density at radius 1 is 1.28 bits per heavy atom. The van der Waals surface area contributed by atoms with Crippen molar-refractivity contribution >= 4 is 23.1 Å². The van der Waals surface area contributed by atoms with Crippen LogP contribution in [0.3, 0.4) is 0 Å². The summed E-state index contributed by atoms with van der Waals surface area (Å²) in [6.45, 7) is 2.75. The van der Waals surface area contributed by atoms with Crippen molar-refractivity contribution in [3.8, 4) is 0 Å². The maximum absolute atomic E-state index is 11.0. The van der Waals surface area contributed by atoms with Crippen molar-refractivity contribution in [2.75, 3.05) is 6.54 Å². The molecular formula is C19H20N2O3S. The molecule has 0 amide bonds. The average molecular weight is 356 g/mol. The van der Waals surface area contributed by atoms with Crippen molar-refractivity contribution in [2.45, 2.75) is 31.9 Å². The van der Waals surface area contributed by atoms with Crippen LogP contribution in [0.15, 0.2) is 54.6 Å². The molecular weight excluding hydrogens is 336 g/mol. The van der Waals surface area contributed by atoms with Gasteiger partial charge in [-0.15, -0.1) is 0 Å². The SMILES string of the molecule is C[C@@H](CCc1ccccc1)N1C[C@H](c2cccc([N+](=O)[O-])c2)OC1=S. The smallest absolute Gasteiger partial charge is 0.269 e. The molecule has 2 aromatic rings. The molecule has 0 N–H and O–H groups in total. The first-order chi connectivity index (χ1) is 12.0. The maximum Gasteiger partial charge on any atom is 0.269 e. The second-order valence-electron chi connectivity index (χ2n) is 6.25. The number of aryl methyl sites for hydroxylation is 1. The number of non-ortho nitro benzene ring substituents is 1. The van der Waals surface area contributed by atoms with Gasteiger partial charge in [-0.1, -0.05) is 42.5 Å². The molecule has 0 aromatic heterocycles. The number of rotatable bonds is 6. The van der Waals surface area contributed by atoms with Crippen LogP contribution in [0.1, 0.15) is 30.6 Å². The van der Waals surface area contributed by atoms with Crippen LogP contribution in [0, 0.1) is 10.1 Å². The Balaban J connectivity index is 1.63. The highest BCUT2D eigenvalue weighted by atomic mass is 32.1. The zero-order valence-electron chi connectivity index (χ0n) is 14.0. The number of hydrogen-bond acceptors (Lipinski definition) is 4. The number of benzene rings is 2. The fraction of sp³-hybridized carbons (Fsp3) is 0.316. The summed E-state index contributed by atoms with van der Waals surface area (Å²) in [5.74, 6) is 0. The zero-order chi connectivity index (χ0) is 17.8. The van der Waals surface area contributed by atoms with E-state index in [9.17, 15) is 10.1 Å².